The summed E-state index contributed by atoms with van der Waals surface area (Å²) >= 11 is 0. The van der Waals surface area contributed by atoms with Crippen LogP contribution >= 0.6 is 0 Å². The van der Waals surface area contributed by atoms with E-state index >= 15 is 0 Å². The highest BCUT2D eigenvalue weighted by Crippen LogP contribution is 2.29. The summed E-state index contributed by atoms with van der Waals surface area (Å²) in [6.45, 7) is 5.94. The molecule has 2 aromatic rings. The van der Waals surface area contributed by atoms with Crippen LogP contribution in [0, 0.1) is 5.82 Å². The molecule has 0 saturated heterocycles. The van der Waals surface area contributed by atoms with Crippen LogP contribution in [0.2, 0.25) is 0 Å². The smallest absolute Gasteiger partial charge is 0.227 e. The van der Waals surface area contributed by atoms with Crippen LogP contribution in [-0.2, 0) is 5.41 Å². The van der Waals surface area contributed by atoms with E-state index in [1.54, 1.807) is 30.6 Å². The number of halogens is 1. The Bertz CT molecular complexity index is 532. The van der Waals surface area contributed by atoms with E-state index in [1.165, 1.54) is 0 Å². The molecule has 4 heteroatoms. The van der Waals surface area contributed by atoms with Crippen molar-refractivity contribution in [1.82, 2.24) is 9.97 Å². The third kappa shape index (κ3) is 2.64. The van der Waals surface area contributed by atoms with Crippen LogP contribution in [0.3, 0.4) is 0 Å². The van der Waals surface area contributed by atoms with E-state index < -0.39 is 0 Å². The van der Waals surface area contributed by atoms with Crippen molar-refractivity contribution in [3.05, 3.63) is 48.0 Å². The van der Waals surface area contributed by atoms with E-state index in [9.17, 15) is 4.39 Å². The molecule has 18 heavy (non-hydrogen) atoms. The lowest BCUT2D eigenvalue weighted by Crippen LogP contribution is -2.14. The average Bonchev–Trinajstić information content (AvgIpc) is 2.32. The van der Waals surface area contributed by atoms with Crippen molar-refractivity contribution < 1.29 is 4.39 Å². The number of anilines is 2. The zero-order valence-corrected chi connectivity index (χ0v) is 10.7. The van der Waals surface area contributed by atoms with E-state index in [4.69, 9.17) is 0 Å². The highest BCUT2D eigenvalue weighted by molar-refractivity contribution is 5.56. The fraction of sp³-hybridized carbons (Fsp3) is 0.286. The molecule has 0 bridgehead atoms. The van der Waals surface area contributed by atoms with Crippen LogP contribution in [0.1, 0.15) is 26.3 Å². The SMILES string of the molecule is CC(C)(C)c1cccc(Nc2ncccn2)c1F. The standard InChI is InChI=1S/C14H16FN3/c1-14(2,3)10-6-4-7-11(12(10)15)18-13-16-8-5-9-17-13/h4-9H,1-3H3,(H,16,17,18). The lowest BCUT2D eigenvalue weighted by molar-refractivity contribution is 0.525. The monoisotopic (exact) mass is 245 g/mol. The van der Waals surface area contributed by atoms with Crippen molar-refractivity contribution in [2.75, 3.05) is 5.32 Å². The maximum Gasteiger partial charge on any atom is 0.227 e. The van der Waals surface area contributed by atoms with Gasteiger partial charge in [0.25, 0.3) is 0 Å². The van der Waals surface area contributed by atoms with Crippen LogP contribution in [0.4, 0.5) is 16.0 Å². The van der Waals surface area contributed by atoms with Crippen LogP contribution in [0.15, 0.2) is 36.7 Å². The molecular formula is C14H16FN3. The molecule has 0 aliphatic heterocycles. The molecule has 0 radical (unpaired) electrons. The Kier molecular flexibility index (Phi) is 3.28. The van der Waals surface area contributed by atoms with Gasteiger partial charge in [-0.25, -0.2) is 14.4 Å². The van der Waals surface area contributed by atoms with Crippen LogP contribution in [0.5, 0.6) is 0 Å². The van der Waals surface area contributed by atoms with Gasteiger partial charge in [-0.1, -0.05) is 32.9 Å². The molecule has 0 aliphatic carbocycles. The summed E-state index contributed by atoms with van der Waals surface area (Å²) in [6, 6.07) is 7.02. The van der Waals surface area contributed by atoms with Crippen LogP contribution < -0.4 is 5.32 Å². The summed E-state index contributed by atoms with van der Waals surface area (Å²) in [7, 11) is 0. The van der Waals surface area contributed by atoms with Crippen LogP contribution in [-0.4, -0.2) is 9.97 Å². The van der Waals surface area contributed by atoms with Gasteiger partial charge >= 0.3 is 0 Å². The molecule has 2 rings (SSSR count). The summed E-state index contributed by atoms with van der Waals surface area (Å²) in [4.78, 5) is 8.04. The van der Waals surface area contributed by atoms with Gasteiger partial charge in [-0.05, 0) is 23.1 Å². The summed E-state index contributed by atoms with van der Waals surface area (Å²) in [5.74, 6) is 0.139. The Morgan fingerprint density at radius 1 is 1.06 bits per heavy atom. The van der Waals surface area contributed by atoms with E-state index in [0.717, 1.165) is 0 Å². The molecule has 0 unspecified atom stereocenters. The molecule has 1 aromatic heterocycles. The van der Waals surface area contributed by atoms with Gasteiger partial charge in [-0.2, -0.15) is 0 Å². The van der Waals surface area contributed by atoms with Gasteiger partial charge in [0.05, 0.1) is 5.69 Å². The molecule has 3 nitrogen and oxygen atoms in total. The number of rotatable bonds is 2. The van der Waals surface area contributed by atoms with Crippen molar-refractivity contribution in [3.8, 4) is 0 Å². The summed E-state index contributed by atoms with van der Waals surface area (Å²) in [5.41, 5.74) is 0.830. The largest absolute Gasteiger partial charge is 0.322 e. The number of nitrogens with one attached hydrogen (secondary N) is 1. The molecule has 0 spiro atoms. The first kappa shape index (κ1) is 12.5. The number of hydrogen-bond donors (Lipinski definition) is 1. The van der Waals surface area contributed by atoms with Crippen molar-refractivity contribution in [2.24, 2.45) is 0 Å². The number of hydrogen-bond acceptors (Lipinski definition) is 3. The van der Waals surface area contributed by atoms with Gasteiger partial charge in [-0.3, -0.25) is 0 Å². The molecular weight excluding hydrogens is 229 g/mol. The molecule has 0 atom stereocenters. The maximum absolute atomic E-state index is 14.3. The quantitative estimate of drug-likeness (QED) is 0.877. The second-order valence-electron chi connectivity index (χ2n) is 5.11. The van der Waals surface area contributed by atoms with Crippen molar-refractivity contribution in [2.45, 2.75) is 26.2 Å². The van der Waals surface area contributed by atoms with Gasteiger partial charge in [0.1, 0.15) is 5.82 Å². The van der Waals surface area contributed by atoms with E-state index in [-0.39, 0.29) is 11.2 Å². The summed E-state index contributed by atoms with van der Waals surface area (Å²) in [5, 5.41) is 2.89. The zero-order valence-electron chi connectivity index (χ0n) is 10.7. The fourth-order valence-corrected chi connectivity index (χ4v) is 1.69. The third-order valence-corrected chi connectivity index (χ3v) is 2.62. The normalized spacial score (nSPS) is 11.3. The van der Waals surface area contributed by atoms with Crippen molar-refractivity contribution in [3.63, 3.8) is 0 Å². The topological polar surface area (TPSA) is 37.8 Å². The number of nitrogens with zero attached hydrogens (tertiary/aromatic N) is 2. The van der Waals surface area contributed by atoms with E-state index in [0.29, 0.717) is 17.2 Å². The van der Waals surface area contributed by atoms with E-state index in [1.807, 2.05) is 26.8 Å². The Hall–Kier alpha value is -1.97. The first-order valence-corrected chi connectivity index (χ1v) is 5.81. The van der Waals surface area contributed by atoms with Gasteiger partial charge in [0.2, 0.25) is 5.95 Å². The minimum Gasteiger partial charge on any atom is -0.322 e. The molecule has 1 heterocycles. The van der Waals surface area contributed by atoms with Crippen LogP contribution in [0.25, 0.3) is 0 Å². The molecule has 0 fully saturated rings. The lowest BCUT2D eigenvalue weighted by atomic mass is 9.86. The number of benzene rings is 1. The lowest BCUT2D eigenvalue weighted by Gasteiger charge is -2.21. The Balaban J connectivity index is 2.36. The second kappa shape index (κ2) is 4.72. The Morgan fingerprint density at radius 2 is 1.72 bits per heavy atom. The highest BCUT2D eigenvalue weighted by atomic mass is 19.1. The average molecular weight is 245 g/mol. The van der Waals surface area contributed by atoms with Crippen molar-refractivity contribution >= 4 is 11.6 Å². The van der Waals surface area contributed by atoms with Gasteiger partial charge < -0.3 is 5.32 Å². The van der Waals surface area contributed by atoms with Gasteiger partial charge in [0.15, 0.2) is 0 Å². The van der Waals surface area contributed by atoms with Gasteiger partial charge in [0, 0.05) is 12.4 Å². The third-order valence-electron chi connectivity index (χ3n) is 2.62. The van der Waals surface area contributed by atoms with Crippen molar-refractivity contribution in [1.29, 1.82) is 0 Å². The molecule has 1 N–H and O–H groups in total. The predicted octanol–water partition coefficient (Wildman–Crippen LogP) is 3.66. The second-order valence-corrected chi connectivity index (χ2v) is 5.11. The minimum absolute atomic E-state index is 0.237. The Labute approximate surface area is 106 Å². The zero-order chi connectivity index (χ0) is 13.2. The summed E-state index contributed by atoms with van der Waals surface area (Å²) in [6.07, 6.45) is 3.22. The molecule has 0 saturated carbocycles. The Morgan fingerprint density at radius 3 is 2.33 bits per heavy atom. The summed E-state index contributed by atoms with van der Waals surface area (Å²) < 4.78 is 14.3. The van der Waals surface area contributed by atoms with E-state index in [2.05, 4.69) is 15.3 Å². The minimum atomic E-state index is -0.252. The highest BCUT2D eigenvalue weighted by Gasteiger charge is 2.20. The first-order chi connectivity index (χ1) is 8.48. The fourth-order valence-electron chi connectivity index (χ4n) is 1.69. The first-order valence-electron chi connectivity index (χ1n) is 5.81. The molecule has 94 valence electrons. The van der Waals surface area contributed by atoms with Gasteiger partial charge in [-0.15, -0.1) is 0 Å². The number of aromatic nitrogens is 2. The molecule has 0 amide bonds. The maximum atomic E-state index is 14.3. The molecule has 0 aliphatic rings. The predicted molar refractivity (Wildman–Crippen MR) is 70.4 cm³/mol. The molecule has 1 aromatic carbocycles.